The summed E-state index contributed by atoms with van der Waals surface area (Å²) in [5, 5.41) is 0.501. The Labute approximate surface area is 112 Å². The first-order chi connectivity index (χ1) is 9.09. The summed E-state index contributed by atoms with van der Waals surface area (Å²) in [7, 11) is -3.28. The molecule has 0 bridgehead atoms. The van der Waals surface area contributed by atoms with Crippen molar-refractivity contribution in [2.75, 3.05) is 5.73 Å². The van der Waals surface area contributed by atoms with E-state index in [4.69, 9.17) is 5.73 Å². The van der Waals surface area contributed by atoms with Gasteiger partial charge in [-0.15, -0.1) is 0 Å². The first-order valence-corrected chi connectivity index (χ1v) is 8.24. The van der Waals surface area contributed by atoms with Gasteiger partial charge in [-0.05, 0) is 31.0 Å². The third-order valence-corrected chi connectivity index (χ3v) is 6.25. The summed E-state index contributed by atoms with van der Waals surface area (Å²) in [6.45, 7) is 0. The van der Waals surface area contributed by atoms with Crippen LogP contribution >= 0.6 is 0 Å². The number of rotatable bonds is 2. The third-order valence-electron chi connectivity index (χ3n) is 3.95. The molecule has 0 amide bonds. The molecule has 5 heteroatoms. The van der Waals surface area contributed by atoms with Crippen LogP contribution in [0.5, 0.6) is 0 Å². The number of nitrogen functional groups attached to an aromatic ring is 1. The van der Waals surface area contributed by atoms with E-state index < -0.39 is 9.84 Å². The maximum absolute atomic E-state index is 12.8. The highest BCUT2D eigenvalue weighted by atomic mass is 32.2. The second-order valence-corrected chi connectivity index (χ2v) is 7.46. The molecule has 0 saturated heterocycles. The zero-order valence-electron chi connectivity index (χ0n) is 10.7. The number of aromatic amines is 1. The van der Waals surface area contributed by atoms with Gasteiger partial charge in [-0.1, -0.05) is 19.3 Å². The Kier molecular flexibility index (Phi) is 3.01. The smallest absolute Gasteiger partial charge is 0.181 e. The molecule has 1 aromatic heterocycles. The summed E-state index contributed by atoms with van der Waals surface area (Å²) in [5.41, 5.74) is 7.10. The molecule has 0 radical (unpaired) electrons. The molecule has 1 aliphatic rings. The molecule has 102 valence electrons. The minimum Gasteiger partial charge on any atom is -0.399 e. The number of fused-ring (bicyclic) bond motifs is 1. The molecular weight excluding hydrogens is 260 g/mol. The lowest BCUT2D eigenvalue weighted by Crippen LogP contribution is -2.24. The van der Waals surface area contributed by atoms with Crippen LogP contribution in [0.4, 0.5) is 5.69 Å². The molecule has 1 heterocycles. The van der Waals surface area contributed by atoms with Crippen molar-refractivity contribution in [2.45, 2.75) is 42.2 Å². The van der Waals surface area contributed by atoms with Crippen molar-refractivity contribution in [2.24, 2.45) is 0 Å². The molecule has 1 aliphatic carbocycles. The fourth-order valence-electron chi connectivity index (χ4n) is 2.94. The van der Waals surface area contributed by atoms with Crippen LogP contribution in [0.15, 0.2) is 29.3 Å². The molecular formula is C14H18N2O2S. The Morgan fingerprint density at radius 1 is 1.16 bits per heavy atom. The molecule has 1 fully saturated rings. The normalized spacial score (nSPS) is 17.9. The highest BCUT2D eigenvalue weighted by Crippen LogP contribution is 2.33. The van der Waals surface area contributed by atoms with Gasteiger partial charge in [0.2, 0.25) is 0 Å². The van der Waals surface area contributed by atoms with E-state index >= 15 is 0 Å². The standard InChI is InChI=1S/C14H18N2O2S/c15-10-8-13-12(6-7-16-13)14(9-10)19(17,18)11-4-2-1-3-5-11/h6-9,11,16H,1-5,15H2. The van der Waals surface area contributed by atoms with Crippen LogP contribution in [-0.2, 0) is 9.84 Å². The minimum atomic E-state index is -3.28. The number of H-pyrrole nitrogens is 1. The lowest BCUT2D eigenvalue weighted by molar-refractivity contribution is 0.484. The monoisotopic (exact) mass is 278 g/mol. The number of sulfone groups is 1. The Morgan fingerprint density at radius 2 is 1.89 bits per heavy atom. The maximum Gasteiger partial charge on any atom is 0.181 e. The molecule has 1 saturated carbocycles. The van der Waals surface area contributed by atoms with Crippen LogP contribution in [0.3, 0.4) is 0 Å². The van der Waals surface area contributed by atoms with Gasteiger partial charge in [-0.3, -0.25) is 0 Å². The van der Waals surface area contributed by atoms with Crippen LogP contribution in [0.2, 0.25) is 0 Å². The van der Waals surface area contributed by atoms with E-state index in [0.717, 1.165) is 43.0 Å². The average Bonchev–Trinajstić information content (AvgIpc) is 2.86. The Hall–Kier alpha value is -1.49. The maximum atomic E-state index is 12.8. The van der Waals surface area contributed by atoms with Crippen LogP contribution in [0.25, 0.3) is 10.9 Å². The Balaban J connectivity index is 2.14. The number of hydrogen-bond donors (Lipinski definition) is 2. The van der Waals surface area contributed by atoms with Gasteiger partial charge in [0.15, 0.2) is 9.84 Å². The highest BCUT2D eigenvalue weighted by molar-refractivity contribution is 7.92. The van der Waals surface area contributed by atoms with E-state index in [0.29, 0.717) is 10.6 Å². The second kappa shape index (κ2) is 4.56. The van der Waals surface area contributed by atoms with Gasteiger partial charge >= 0.3 is 0 Å². The zero-order valence-corrected chi connectivity index (χ0v) is 11.5. The van der Waals surface area contributed by atoms with Gasteiger partial charge in [0.1, 0.15) is 0 Å². The molecule has 2 aromatic rings. The van der Waals surface area contributed by atoms with E-state index in [9.17, 15) is 8.42 Å². The second-order valence-electron chi connectivity index (χ2n) is 5.26. The van der Waals surface area contributed by atoms with Crippen molar-refractivity contribution in [3.8, 4) is 0 Å². The van der Waals surface area contributed by atoms with Crippen LogP contribution in [-0.4, -0.2) is 18.7 Å². The summed E-state index contributed by atoms with van der Waals surface area (Å²) >= 11 is 0. The van der Waals surface area contributed by atoms with E-state index in [1.54, 1.807) is 18.3 Å². The number of aromatic nitrogens is 1. The number of benzene rings is 1. The summed E-state index contributed by atoms with van der Waals surface area (Å²) in [6, 6.07) is 5.18. The van der Waals surface area contributed by atoms with Gasteiger partial charge in [-0.25, -0.2) is 8.42 Å². The molecule has 0 aliphatic heterocycles. The third kappa shape index (κ3) is 2.12. The fraction of sp³-hybridized carbons (Fsp3) is 0.429. The molecule has 0 atom stereocenters. The molecule has 0 spiro atoms. The largest absolute Gasteiger partial charge is 0.399 e. The van der Waals surface area contributed by atoms with E-state index in [2.05, 4.69) is 4.98 Å². The molecule has 4 nitrogen and oxygen atoms in total. The number of nitrogens with one attached hydrogen (secondary N) is 1. The van der Waals surface area contributed by atoms with E-state index in [-0.39, 0.29) is 5.25 Å². The summed E-state index contributed by atoms with van der Waals surface area (Å²) in [5.74, 6) is 0. The summed E-state index contributed by atoms with van der Waals surface area (Å²) in [4.78, 5) is 3.42. The van der Waals surface area contributed by atoms with Crippen molar-refractivity contribution in [1.82, 2.24) is 4.98 Å². The lowest BCUT2D eigenvalue weighted by atomic mass is 10.0. The quantitative estimate of drug-likeness (QED) is 0.829. The minimum absolute atomic E-state index is 0.249. The van der Waals surface area contributed by atoms with Gasteiger partial charge in [0.05, 0.1) is 10.1 Å². The Bertz CT molecular complexity index is 697. The summed E-state index contributed by atoms with van der Waals surface area (Å²) < 4.78 is 25.6. The van der Waals surface area contributed by atoms with Gasteiger partial charge in [-0.2, -0.15) is 0 Å². The average molecular weight is 278 g/mol. The molecule has 3 N–H and O–H groups in total. The molecule has 0 unspecified atom stereocenters. The molecule has 1 aromatic carbocycles. The first kappa shape index (κ1) is 12.5. The topological polar surface area (TPSA) is 76.0 Å². The first-order valence-electron chi connectivity index (χ1n) is 6.69. The predicted molar refractivity (Wildman–Crippen MR) is 76.8 cm³/mol. The van der Waals surface area contributed by atoms with E-state index in [1.165, 1.54) is 0 Å². The molecule has 19 heavy (non-hydrogen) atoms. The van der Waals surface area contributed by atoms with Gasteiger partial charge in [0.25, 0.3) is 0 Å². The van der Waals surface area contributed by atoms with Crippen molar-refractivity contribution >= 4 is 26.4 Å². The van der Waals surface area contributed by atoms with Gasteiger partial charge < -0.3 is 10.7 Å². The Morgan fingerprint density at radius 3 is 2.63 bits per heavy atom. The van der Waals surface area contributed by atoms with Crippen molar-refractivity contribution < 1.29 is 8.42 Å². The van der Waals surface area contributed by atoms with Crippen LogP contribution in [0, 0.1) is 0 Å². The van der Waals surface area contributed by atoms with Gasteiger partial charge in [0, 0.05) is 22.8 Å². The van der Waals surface area contributed by atoms with Crippen molar-refractivity contribution in [3.05, 3.63) is 24.4 Å². The van der Waals surface area contributed by atoms with Crippen LogP contribution < -0.4 is 5.73 Å². The SMILES string of the molecule is Nc1cc(S(=O)(=O)C2CCCCC2)c2cc[nH]c2c1. The van der Waals surface area contributed by atoms with Crippen molar-refractivity contribution in [1.29, 1.82) is 0 Å². The zero-order chi connectivity index (χ0) is 13.5. The van der Waals surface area contributed by atoms with Crippen LogP contribution in [0.1, 0.15) is 32.1 Å². The van der Waals surface area contributed by atoms with Crippen molar-refractivity contribution in [3.63, 3.8) is 0 Å². The predicted octanol–water partition coefficient (Wildman–Crippen LogP) is 2.86. The number of anilines is 1. The van der Waals surface area contributed by atoms with E-state index in [1.807, 2.05) is 6.07 Å². The lowest BCUT2D eigenvalue weighted by Gasteiger charge is -2.22. The summed E-state index contributed by atoms with van der Waals surface area (Å²) in [6.07, 6.45) is 6.43. The fourth-order valence-corrected chi connectivity index (χ4v) is 5.04. The highest BCUT2D eigenvalue weighted by Gasteiger charge is 2.30. The molecule has 3 rings (SSSR count). The number of hydrogen-bond acceptors (Lipinski definition) is 3. The number of nitrogens with two attached hydrogens (primary N) is 1.